The summed E-state index contributed by atoms with van der Waals surface area (Å²) in [7, 11) is 3.12. The zero-order valence-corrected chi connectivity index (χ0v) is 9.92. The molecular formula is C10H17NO6. The van der Waals surface area contributed by atoms with E-state index < -0.39 is 12.6 Å². The van der Waals surface area contributed by atoms with Crippen LogP contribution in [0, 0.1) is 0 Å². The molecule has 0 bridgehead atoms. The van der Waals surface area contributed by atoms with Gasteiger partial charge < -0.3 is 24.2 Å². The average Bonchev–Trinajstić information content (AvgIpc) is 2.71. The molecule has 1 fully saturated rings. The lowest BCUT2D eigenvalue weighted by molar-refractivity contribution is -0.145. The van der Waals surface area contributed by atoms with Crippen molar-refractivity contribution >= 4 is 11.9 Å². The Labute approximate surface area is 99.2 Å². The van der Waals surface area contributed by atoms with Crippen LogP contribution in [0.3, 0.4) is 0 Å². The number of hydrogen-bond acceptors (Lipinski definition) is 5. The molecule has 1 heterocycles. The first-order valence-electron chi connectivity index (χ1n) is 5.21. The Kier molecular flexibility index (Phi) is 5.33. The third-order valence-corrected chi connectivity index (χ3v) is 2.62. The number of aliphatic carboxylic acids is 1. The van der Waals surface area contributed by atoms with Crippen LogP contribution < -0.4 is 0 Å². The molecule has 0 spiro atoms. The highest BCUT2D eigenvalue weighted by Crippen LogP contribution is 2.15. The van der Waals surface area contributed by atoms with Crippen LogP contribution in [0.4, 0.5) is 0 Å². The van der Waals surface area contributed by atoms with E-state index in [0.29, 0.717) is 13.1 Å². The summed E-state index contributed by atoms with van der Waals surface area (Å²) in [5, 5.41) is 8.36. The number of carboxylic acids is 1. The van der Waals surface area contributed by atoms with Crippen molar-refractivity contribution in [3.63, 3.8) is 0 Å². The fraction of sp³-hybridized carbons (Fsp3) is 0.800. The van der Waals surface area contributed by atoms with Gasteiger partial charge in [-0.2, -0.15) is 0 Å². The maximum atomic E-state index is 11.6. The summed E-state index contributed by atoms with van der Waals surface area (Å²) in [6.45, 7) is 0.161. The molecule has 98 valence electrons. The molecule has 0 saturated carbocycles. The molecule has 0 aromatic rings. The standard InChI is InChI=1S/C10H17NO6/c1-15-7-3-11(4-8(7)16-2)9(12)5-17-6-10(13)14/h7-8H,3-6H2,1-2H3,(H,13,14). The Hall–Kier alpha value is -1.18. The van der Waals surface area contributed by atoms with Crippen LogP contribution in [-0.2, 0) is 23.8 Å². The van der Waals surface area contributed by atoms with Crippen molar-refractivity contribution in [2.75, 3.05) is 40.5 Å². The quantitative estimate of drug-likeness (QED) is 0.645. The third-order valence-electron chi connectivity index (χ3n) is 2.62. The highest BCUT2D eigenvalue weighted by molar-refractivity contribution is 5.78. The Bertz CT molecular complexity index is 270. The number of likely N-dealkylation sites (tertiary alicyclic amines) is 1. The van der Waals surface area contributed by atoms with Crippen molar-refractivity contribution in [1.29, 1.82) is 0 Å². The fourth-order valence-corrected chi connectivity index (χ4v) is 1.72. The molecule has 0 aromatic heterocycles. The second-order valence-corrected chi connectivity index (χ2v) is 3.73. The monoisotopic (exact) mass is 247 g/mol. The van der Waals surface area contributed by atoms with E-state index in [1.54, 1.807) is 19.1 Å². The van der Waals surface area contributed by atoms with Crippen LogP contribution in [0.2, 0.25) is 0 Å². The van der Waals surface area contributed by atoms with Gasteiger partial charge in [-0.05, 0) is 0 Å². The Balaban J connectivity index is 2.36. The second kappa shape index (κ2) is 6.53. The number of amides is 1. The molecule has 17 heavy (non-hydrogen) atoms. The highest BCUT2D eigenvalue weighted by atomic mass is 16.5. The van der Waals surface area contributed by atoms with Gasteiger partial charge in [-0.15, -0.1) is 0 Å². The third kappa shape index (κ3) is 3.95. The van der Waals surface area contributed by atoms with Gasteiger partial charge in [0, 0.05) is 27.3 Å². The van der Waals surface area contributed by atoms with Crippen LogP contribution >= 0.6 is 0 Å². The fourth-order valence-electron chi connectivity index (χ4n) is 1.72. The largest absolute Gasteiger partial charge is 0.480 e. The van der Waals surface area contributed by atoms with Gasteiger partial charge >= 0.3 is 5.97 Å². The van der Waals surface area contributed by atoms with Gasteiger partial charge in [0.1, 0.15) is 25.4 Å². The summed E-state index contributed by atoms with van der Waals surface area (Å²) < 4.78 is 15.1. The molecule has 1 saturated heterocycles. The van der Waals surface area contributed by atoms with Crippen LogP contribution in [0.1, 0.15) is 0 Å². The molecule has 7 heteroatoms. The summed E-state index contributed by atoms with van der Waals surface area (Å²) in [5.41, 5.74) is 0. The van der Waals surface area contributed by atoms with Crippen molar-refractivity contribution in [1.82, 2.24) is 4.90 Å². The summed E-state index contributed by atoms with van der Waals surface area (Å²) in [6, 6.07) is 0. The number of carboxylic acid groups (broad SMARTS) is 1. The van der Waals surface area contributed by atoms with Crippen molar-refractivity contribution in [2.24, 2.45) is 0 Å². The Morgan fingerprint density at radius 2 is 1.71 bits per heavy atom. The molecule has 0 aromatic carbocycles. The van der Waals surface area contributed by atoms with Crippen LogP contribution in [0.15, 0.2) is 0 Å². The van der Waals surface area contributed by atoms with Crippen LogP contribution in [0.5, 0.6) is 0 Å². The normalized spacial score (nSPS) is 24.0. The molecule has 7 nitrogen and oxygen atoms in total. The lowest BCUT2D eigenvalue weighted by Gasteiger charge is -2.15. The minimum atomic E-state index is -1.09. The summed E-state index contributed by atoms with van der Waals surface area (Å²) >= 11 is 0. The first-order valence-corrected chi connectivity index (χ1v) is 5.21. The first-order chi connectivity index (χ1) is 8.08. The SMILES string of the molecule is COC1CN(C(=O)COCC(=O)O)CC1OC. The Morgan fingerprint density at radius 1 is 1.18 bits per heavy atom. The van der Waals surface area contributed by atoms with Crippen LogP contribution in [-0.4, -0.2) is 74.6 Å². The molecule has 2 unspecified atom stereocenters. The molecule has 1 aliphatic heterocycles. The highest BCUT2D eigenvalue weighted by Gasteiger charge is 2.35. The summed E-state index contributed by atoms with van der Waals surface area (Å²) in [4.78, 5) is 23.4. The molecule has 2 atom stereocenters. The molecule has 1 N–H and O–H groups in total. The predicted octanol–water partition coefficient (Wildman–Crippen LogP) is -1.04. The number of rotatable bonds is 6. The number of hydrogen-bond donors (Lipinski definition) is 1. The van der Waals surface area contributed by atoms with Gasteiger partial charge in [-0.1, -0.05) is 0 Å². The lowest BCUT2D eigenvalue weighted by atomic mass is 10.3. The van der Waals surface area contributed by atoms with E-state index in [9.17, 15) is 9.59 Å². The van der Waals surface area contributed by atoms with Crippen molar-refractivity contribution < 1.29 is 28.9 Å². The van der Waals surface area contributed by atoms with Gasteiger partial charge in [0.25, 0.3) is 0 Å². The Morgan fingerprint density at radius 3 is 2.12 bits per heavy atom. The second-order valence-electron chi connectivity index (χ2n) is 3.73. The van der Waals surface area contributed by atoms with Gasteiger partial charge in [0.2, 0.25) is 5.91 Å². The van der Waals surface area contributed by atoms with E-state index in [4.69, 9.17) is 19.3 Å². The summed E-state index contributed by atoms with van der Waals surface area (Å²) in [5.74, 6) is -1.35. The van der Waals surface area contributed by atoms with E-state index in [1.165, 1.54) is 0 Å². The van der Waals surface area contributed by atoms with Crippen LogP contribution in [0.25, 0.3) is 0 Å². The number of nitrogens with zero attached hydrogens (tertiary/aromatic N) is 1. The zero-order valence-electron chi connectivity index (χ0n) is 9.92. The topological polar surface area (TPSA) is 85.3 Å². The van der Waals surface area contributed by atoms with E-state index >= 15 is 0 Å². The van der Waals surface area contributed by atoms with E-state index in [0.717, 1.165) is 0 Å². The minimum absolute atomic E-state index is 0.150. The van der Waals surface area contributed by atoms with Crippen molar-refractivity contribution in [2.45, 2.75) is 12.2 Å². The predicted molar refractivity (Wildman–Crippen MR) is 56.6 cm³/mol. The van der Waals surface area contributed by atoms with Gasteiger partial charge in [-0.3, -0.25) is 4.79 Å². The maximum absolute atomic E-state index is 11.6. The first kappa shape index (κ1) is 13.9. The van der Waals surface area contributed by atoms with Gasteiger partial charge in [0.15, 0.2) is 0 Å². The minimum Gasteiger partial charge on any atom is -0.480 e. The summed E-state index contributed by atoms with van der Waals surface area (Å²) in [6.07, 6.45) is -0.299. The molecule has 0 aliphatic carbocycles. The maximum Gasteiger partial charge on any atom is 0.329 e. The van der Waals surface area contributed by atoms with Gasteiger partial charge in [-0.25, -0.2) is 4.79 Å². The number of methoxy groups -OCH3 is 2. The van der Waals surface area contributed by atoms with E-state index in [2.05, 4.69) is 0 Å². The van der Waals surface area contributed by atoms with Crippen molar-refractivity contribution in [3.8, 4) is 0 Å². The number of carbonyl (C=O) groups is 2. The molecular weight excluding hydrogens is 230 g/mol. The molecule has 1 aliphatic rings. The molecule has 1 amide bonds. The van der Waals surface area contributed by atoms with Crippen molar-refractivity contribution in [3.05, 3.63) is 0 Å². The smallest absolute Gasteiger partial charge is 0.329 e. The molecule has 0 radical (unpaired) electrons. The molecule has 1 rings (SSSR count). The van der Waals surface area contributed by atoms with E-state index in [1.807, 2.05) is 0 Å². The lowest BCUT2D eigenvalue weighted by Crippen LogP contribution is -2.33. The number of ether oxygens (including phenoxy) is 3. The zero-order chi connectivity index (χ0) is 12.8. The van der Waals surface area contributed by atoms with Gasteiger partial charge in [0.05, 0.1) is 0 Å². The average molecular weight is 247 g/mol. The number of carbonyl (C=O) groups excluding carboxylic acids is 1. The van der Waals surface area contributed by atoms with E-state index in [-0.39, 0.29) is 24.7 Å².